The van der Waals surface area contributed by atoms with Crippen LogP contribution >= 0.6 is 22.7 Å². The van der Waals surface area contributed by atoms with Gasteiger partial charge in [-0.25, -0.2) is 0 Å². The van der Waals surface area contributed by atoms with Crippen LogP contribution in [0.1, 0.15) is 44.0 Å². The van der Waals surface area contributed by atoms with E-state index in [1.807, 2.05) is 22.7 Å². The fourth-order valence-corrected chi connectivity index (χ4v) is 4.14. The van der Waals surface area contributed by atoms with Crippen LogP contribution in [0.25, 0.3) is 9.40 Å². The SMILES string of the molecule is CCCNC(CCC)c1cc2sccc2s1. The van der Waals surface area contributed by atoms with Gasteiger partial charge in [0.15, 0.2) is 0 Å². The summed E-state index contributed by atoms with van der Waals surface area (Å²) < 4.78 is 2.89. The Bertz CT molecular complexity index is 401. The molecule has 0 saturated heterocycles. The highest BCUT2D eigenvalue weighted by Gasteiger charge is 2.13. The second kappa shape index (κ2) is 5.80. The fourth-order valence-electron chi connectivity index (χ4n) is 1.91. The molecular formula is C13H19NS2. The lowest BCUT2D eigenvalue weighted by Gasteiger charge is -2.15. The largest absolute Gasteiger partial charge is 0.309 e. The predicted molar refractivity (Wildman–Crippen MR) is 75.6 cm³/mol. The van der Waals surface area contributed by atoms with Crippen molar-refractivity contribution in [2.24, 2.45) is 0 Å². The zero-order valence-electron chi connectivity index (χ0n) is 9.95. The van der Waals surface area contributed by atoms with Gasteiger partial charge in [-0.3, -0.25) is 0 Å². The van der Waals surface area contributed by atoms with E-state index in [2.05, 4.69) is 36.7 Å². The monoisotopic (exact) mass is 253 g/mol. The van der Waals surface area contributed by atoms with Crippen molar-refractivity contribution in [3.05, 3.63) is 22.4 Å². The van der Waals surface area contributed by atoms with Gasteiger partial charge in [-0.2, -0.15) is 0 Å². The van der Waals surface area contributed by atoms with E-state index in [0.29, 0.717) is 6.04 Å². The molecule has 0 radical (unpaired) electrons. The highest BCUT2D eigenvalue weighted by atomic mass is 32.1. The molecule has 0 aliphatic rings. The lowest BCUT2D eigenvalue weighted by atomic mass is 10.1. The van der Waals surface area contributed by atoms with Crippen molar-refractivity contribution in [1.29, 1.82) is 0 Å². The van der Waals surface area contributed by atoms with E-state index in [1.165, 1.54) is 33.5 Å². The average Bonchev–Trinajstić information content (AvgIpc) is 2.84. The molecule has 1 unspecified atom stereocenters. The van der Waals surface area contributed by atoms with Gasteiger partial charge in [0.2, 0.25) is 0 Å². The standard InChI is InChI=1S/C13H19NS2/c1-3-5-10(14-7-4-2)12-9-13-11(16-12)6-8-15-13/h6,8-10,14H,3-5,7H2,1-2H3. The third-order valence-electron chi connectivity index (χ3n) is 2.72. The predicted octanol–water partition coefficient (Wildman–Crippen LogP) is 4.80. The Kier molecular flexibility index (Phi) is 4.38. The molecule has 1 N–H and O–H groups in total. The molecule has 0 aromatic carbocycles. The molecule has 0 bridgehead atoms. The smallest absolute Gasteiger partial charge is 0.0454 e. The topological polar surface area (TPSA) is 12.0 Å². The van der Waals surface area contributed by atoms with E-state index in [1.54, 1.807) is 0 Å². The third-order valence-corrected chi connectivity index (χ3v) is 4.93. The third kappa shape index (κ3) is 2.65. The van der Waals surface area contributed by atoms with E-state index in [9.17, 15) is 0 Å². The minimum absolute atomic E-state index is 0.564. The minimum Gasteiger partial charge on any atom is -0.309 e. The van der Waals surface area contributed by atoms with Crippen molar-refractivity contribution in [2.45, 2.75) is 39.2 Å². The molecule has 0 fully saturated rings. The van der Waals surface area contributed by atoms with Crippen LogP contribution < -0.4 is 5.32 Å². The summed E-state index contributed by atoms with van der Waals surface area (Å²) in [6.45, 7) is 5.61. The first-order valence-electron chi connectivity index (χ1n) is 6.05. The molecule has 0 saturated carbocycles. The van der Waals surface area contributed by atoms with Gasteiger partial charge in [0.25, 0.3) is 0 Å². The van der Waals surface area contributed by atoms with Crippen molar-refractivity contribution in [3.8, 4) is 0 Å². The molecule has 0 spiro atoms. The van der Waals surface area contributed by atoms with Gasteiger partial charge in [0.1, 0.15) is 0 Å². The quantitative estimate of drug-likeness (QED) is 0.779. The molecule has 0 amide bonds. The minimum atomic E-state index is 0.564. The van der Waals surface area contributed by atoms with Crippen LogP contribution in [0.2, 0.25) is 0 Å². The molecule has 2 rings (SSSR count). The number of fused-ring (bicyclic) bond motifs is 1. The van der Waals surface area contributed by atoms with Crippen LogP contribution in [0.5, 0.6) is 0 Å². The lowest BCUT2D eigenvalue weighted by molar-refractivity contribution is 0.501. The van der Waals surface area contributed by atoms with Crippen molar-refractivity contribution in [2.75, 3.05) is 6.54 Å². The molecule has 3 heteroatoms. The Balaban J connectivity index is 2.14. The van der Waals surface area contributed by atoms with Gasteiger partial charge in [0, 0.05) is 20.3 Å². The maximum absolute atomic E-state index is 3.65. The van der Waals surface area contributed by atoms with Gasteiger partial charge in [0.05, 0.1) is 0 Å². The first-order valence-corrected chi connectivity index (χ1v) is 7.75. The molecule has 16 heavy (non-hydrogen) atoms. The van der Waals surface area contributed by atoms with Gasteiger partial charge in [-0.05, 0) is 36.9 Å². The Labute approximate surface area is 105 Å². The van der Waals surface area contributed by atoms with Crippen molar-refractivity contribution >= 4 is 32.1 Å². The van der Waals surface area contributed by atoms with Gasteiger partial charge in [-0.1, -0.05) is 20.3 Å². The van der Waals surface area contributed by atoms with E-state index in [4.69, 9.17) is 0 Å². The summed E-state index contributed by atoms with van der Waals surface area (Å²) in [5.74, 6) is 0. The number of thiophene rings is 2. The number of nitrogens with one attached hydrogen (secondary N) is 1. The first-order chi connectivity index (χ1) is 7.85. The second-order valence-corrected chi connectivity index (χ2v) is 6.16. The molecule has 1 atom stereocenters. The molecule has 0 aliphatic carbocycles. The lowest BCUT2D eigenvalue weighted by Crippen LogP contribution is -2.21. The van der Waals surface area contributed by atoms with Crippen molar-refractivity contribution in [1.82, 2.24) is 5.32 Å². The summed E-state index contributed by atoms with van der Waals surface area (Å²) in [5, 5.41) is 5.83. The molecular weight excluding hydrogens is 234 g/mol. The summed E-state index contributed by atoms with van der Waals surface area (Å²) in [6.07, 6.45) is 3.70. The maximum atomic E-state index is 3.65. The summed E-state index contributed by atoms with van der Waals surface area (Å²) >= 11 is 3.80. The Morgan fingerprint density at radius 3 is 2.81 bits per heavy atom. The Morgan fingerprint density at radius 1 is 1.25 bits per heavy atom. The van der Waals surface area contributed by atoms with Crippen LogP contribution in [0.15, 0.2) is 17.5 Å². The van der Waals surface area contributed by atoms with Gasteiger partial charge in [-0.15, -0.1) is 22.7 Å². The summed E-state index contributed by atoms with van der Waals surface area (Å²) in [5.41, 5.74) is 0. The van der Waals surface area contributed by atoms with Crippen LogP contribution in [0.3, 0.4) is 0 Å². The summed E-state index contributed by atoms with van der Waals surface area (Å²) in [7, 11) is 0. The normalized spacial score (nSPS) is 13.4. The van der Waals surface area contributed by atoms with E-state index in [-0.39, 0.29) is 0 Å². The molecule has 1 nitrogen and oxygen atoms in total. The van der Waals surface area contributed by atoms with Crippen LogP contribution in [-0.4, -0.2) is 6.54 Å². The summed E-state index contributed by atoms with van der Waals surface area (Å²) in [4.78, 5) is 1.51. The molecule has 0 aliphatic heterocycles. The Morgan fingerprint density at radius 2 is 2.12 bits per heavy atom. The van der Waals surface area contributed by atoms with Crippen LogP contribution in [0.4, 0.5) is 0 Å². The maximum Gasteiger partial charge on any atom is 0.0454 e. The first kappa shape index (κ1) is 12.1. The molecule has 2 heterocycles. The second-order valence-electron chi connectivity index (χ2n) is 4.09. The Hall–Kier alpha value is -0.380. The van der Waals surface area contributed by atoms with Gasteiger partial charge >= 0.3 is 0 Å². The molecule has 88 valence electrons. The summed E-state index contributed by atoms with van der Waals surface area (Å²) in [6, 6.07) is 5.17. The molecule has 2 aromatic heterocycles. The van der Waals surface area contributed by atoms with Crippen molar-refractivity contribution in [3.63, 3.8) is 0 Å². The highest BCUT2D eigenvalue weighted by molar-refractivity contribution is 7.26. The van der Waals surface area contributed by atoms with E-state index in [0.717, 1.165) is 6.54 Å². The zero-order valence-corrected chi connectivity index (χ0v) is 11.6. The molecule has 2 aromatic rings. The highest BCUT2D eigenvalue weighted by Crippen LogP contribution is 2.34. The number of hydrogen-bond donors (Lipinski definition) is 1. The van der Waals surface area contributed by atoms with Crippen LogP contribution in [-0.2, 0) is 0 Å². The van der Waals surface area contributed by atoms with Crippen LogP contribution in [0, 0.1) is 0 Å². The zero-order chi connectivity index (χ0) is 11.4. The number of rotatable bonds is 6. The van der Waals surface area contributed by atoms with E-state index >= 15 is 0 Å². The van der Waals surface area contributed by atoms with Gasteiger partial charge < -0.3 is 5.32 Å². The fraction of sp³-hybridized carbons (Fsp3) is 0.538. The van der Waals surface area contributed by atoms with Crippen molar-refractivity contribution < 1.29 is 0 Å². The average molecular weight is 253 g/mol. The van der Waals surface area contributed by atoms with E-state index < -0.39 is 0 Å². The number of hydrogen-bond acceptors (Lipinski definition) is 3.